The van der Waals surface area contributed by atoms with E-state index in [2.05, 4.69) is 0 Å². The van der Waals surface area contributed by atoms with Gasteiger partial charge >= 0.3 is 9.28 Å². The molecule has 0 heterocycles. The van der Waals surface area contributed by atoms with Crippen molar-refractivity contribution >= 4 is 9.28 Å². The van der Waals surface area contributed by atoms with Crippen LogP contribution in [0.2, 0.25) is 6.04 Å². The van der Waals surface area contributed by atoms with Gasteiger partial charge in [0.05, 0.1) is 0 Å². The highest BCUT2D eigenvalue weighted by Gasteiger charge is 2.16. The van der Waals surface area contributed by atoms with Crippen LogP contribution in [0.15, 0.2) is 12.1 Å². The Kier molecular flexibility index (Phi) is 7.87. The van der Waals surface area contributed by atoms with E-state index in [-0.39, 0.29) is 5.56 Å². The van der Waals surface area contributed by atoms with Crippen LogP contribution < -0.4 is 0 Å². The molecule has 0 fully saturated rings. The van der Waals surface area contributed by atoms with Gasteiger partial charge in [-0.1, -0.05) is 13.8 Å². The molecule has 0 aliphatic heterocycles. The van der Waals surface area contributed by atoms with Gasteiger partial charge in [0.2, 0.25) is 0 Å². The van der Waals surface area contributed by atoms with Crippen molar-refractivity contribution in [2.24, 2.45) is 0 Å². The SMILES string of the molecule is CCCO[SiH](CCc1cc(F)c(F)cc1F)OCCC. The zero-order valence-corrected chi connectivity index (χ0v) is 13.1. The van der Waals surface area contributed by atoms with E-state index in [9.17, 15) is 13.2 Å². The Labute approximate surface area is 119 Å². The summed E-state index contributed by atoms with van der Waals surface area (Å²) in [5, 5.41) is 0. The summed E-state index contributed by atoms with van der Waals surface area (Å²) in [7, 11) is -1.87. The van der Waals surface area contributed by atoms with Crippen LogP contribution in [0.3, 0.4) is 0 Å². The Bertz CT molecular complexity index is 408. The molecule has 0 amide bonds. The lowest BCUT2D eigenvalue weighted by atomic mass is 10.1. The van der Waals surface area contributed by atoms with Crippen LogP contribution in [-0.2, 0) is 15.3 Å². The van der Waals surface area contributed by atoms with Gasteiger partial charge in [-0.2, -0.15) is 0 Å². The lowest BCUT2D eigenvalue weighted by molar-refractivity contribution is 0.196. The van der Waals surface area contributed by atoms with Crippen LogP contribution in [-0.4, -0.2) is 22.5 Å². The zero-order chi connectivity index (χ0) is 15.0. The molecule has 0 saturated carbocycles. The summed E-state index contributed by atoms with van der Waals surface area (Å²) in [6, 6.07) is 2.04. The maximum atomic E-state index is 13.5. The van der Waals surface area contributed by atoms with Gasteiger partial charge in [0.1, 0.15) is 5.82 Å². The highest BCUT2D eigenvalue weighted by molar-refractivity contribution is 6.44. The lowest BCUT2D eigenvalue weighted by Gasteiger charge is -2.16. The molecule has 0 spiro atoms. The third kappa shape index (κ3) is 5.64. The molecule has 0 atom stereocenters. The number of benzene rings is 1. The molecular weight excluding hydrogens is 285 g/mol. The van der Waals surface area contributed by atoms with Gasteiger partial charge in [-0.15, -0.1) is 0 Å². The second-order valence-electron chi connectivity index (χ2n) is 4.57. The third-order valence-electron chi connectivity index (χ3n) is 2.75. The predicted octanol–water partition coefficient (Wildman–Crippen LogP) is 3.72. The molecule has 0 radical (unpaired) electrons. The molecule has 20 heavy (non-hydrogen) atoms. The van der Waals surface area contributed by atoms with Crippen LogP contribution in [0.25, 0.3) is 0 Å². The largest absolute Gasteiger partial charge is 0.397 e. The molecule has 2 nitrogen and oxygen atoms in total. The van der Waals surface area contributed by atoms with Crippen molar-refractivity contribution in [2.45, 2.75) is 39.2 Å². The minimum Gasteiger partial charge on any atom is -0.397 e. The third-order valence-corrected chi connectivity index (χ3v) is 4.73. The molecule has 1 aromatic rings. The number of rotatable bonds is 9. The van der Waals surface area contributed by atoms with Crippen LogP contribution in [0.4, 0.5) is 13.2 Å². The fourth-order valence-corrected chi connectivity index (χ4v) is 3.72. The van der Waals surface area contributed by atoms with Crippen molar-refractivity contribution in [3.63, 3.8) is 0 Å². The summed E-state index contributed by atoms with van der Waals surface area (Å²) >= 11 is 0. The fourth-order valence-electron chi connectivity index (χ4n) is 1.74. The summed E-state index contributed by atoms with van der Waals surface area (Å²) in [6.07, 6.45) is 2.07. The molecule has 0 aromatic heterocycles. The van der Waals surface area contributed by atoms with E-state index in [1.165, 1.54) is 0 Å². The van der Waals surface area contributed by atoms with Crippen molar-refractivity contribution < 1.29 is 22.0 Å². The normalized spacial score (nSPS) is 11.3. The van der Waals surface area contributed by atoms with Crippen molar-refractivity contribution in [2.75, 3.05) is 13.2 Å². The van der Waals surface area contributed by atoms with E-state index in [4.69, 9.17) is 8.85 Å². The van der Waals surface area contributed by atoms with Crippen molar-refractivity contribution in [1.82, 2.24) is 0 Å². The molecule has 0 aliphatic rings. The standard InChI is InChI=1S/C14H21F3O2Si/c1-3-6-18-20(19-7-4-2)8-5-11-9-13(16)14(17)10-12(11)15/h9-10,20H,3-8H2,1-2H3. The predicted molar refractivity (Wildman–Crippen MR) is 74.5 cm³/mol. The number of aryl methyl sites for hydroxylation is 1. The molecule has 6 heteroatoms. The second-order valence-corrected chi connectivity index (χ2v) is 6.67. The first-order valence-corrected chi connectivity index (χ1v) is 8.71. The quantitative estimate of drug-likeness (QED) is 0.511. The summed E-state index contributed by atoms with van der Waals surface area (Å²) < 4.78 is 50.7. The lowest BCUT2D eigenvalue weighted by Crippen LogP contribution is -2.24. The topological polar surface area (TPSA) is 18.5 Å². The molecule has 0 aliphatic carbocycles. The van der Waals surface area contributed by atoms with E-state index in [1.807, 2.05) is 13.8 Å². The van der Waals surface area contributed by atoms with Crippen molar-refractivity contribution in [3.8, 4) is 0 Å². The summed E-state index contributed by atoms with van der Waals surface area (Å²) in [5.74, 6) is -2.91. The molecule has 0 saturated heterocycles. The Hall–Kier alpha value is -0.853. The summed E-state index contributed by atoms with van der Waals surface area (Å²) in [5.41, 5.74) is 0.168. The highest BCUT2D eigenvalue weighted by atomic mass is 28.3. The van der Waals surface area contributed by atoms with Gasteiger partial charge in [0.25, 0.3) is 0 Å². The van der Waals surface area contributed by atoms with Crippen molar-refractivity contribution in [3.05, 3.63) is 35.1 Å². The number of hydrogen-bond donors (Lipinski definition) is 0. The minimum atomic E-state index is -1.87. The Balaban J connectivity index is 2.59. The first-order chi connectivity index (χ1) is 9.58. The average Bonchev–Trinajstić information content (AvgIpc) is 2.43. The molecule has 1 aromatic carbocycles. The minimum absolute atomic E-state index is 0.168. The maximum absolute atomic E-state index is 13.5. The molecule has 0 unspecified atom stereocenters. The van der Waals surface area contributed by atoms with Gasteiger partial charge in [0.15, 0.2) is 11.6 Å². The van der Waals surface area contributed by atoms with Gasteiger partial charge in [-0.05, 0) is 36.9 Å². The van der Waals surface area contributed by atoms with E-state index in [1.54, 1.807) is 0 Å². The Morgan fingerprint density at radius 3 is 2.00 bits per heavy atom. The Morgan fingerprint density at radius 1 is 0.900 bits per heavy atom. The molecule has 0 N–H and O–H groups in total. The average molecular weight is 306 g/mol. The van der Waals surface area contributed by atoms with Crippen LogP contribution in [0, 0.1) is 17.5 Å². The van der Waals surface area contributed by atoms with Crippen molar-refractivity contribution in [1.29, 1.82) is 0 Å². The van der Waals surface area contributed by atoms with E-state index in [0.29, 0.717) is 31.7 Å². The van der Waals surface area contributed by atoms with E-state index in [0.717, 1.165) is 18.9 Å². The molecule has 0 bridgehead atoms. The smallest absolute Gasteiger partial charge is 0.321 e. The van der Waals surface area contributed by atoms with Gasteiger partial charge in [-0.3, -0.25) is 0 Å². The number of halogens is 3. The van der Waals surface area contributed by atoms with Crippen LogP contribution >= 0.6 is 0 Å². The van der Waals surface area contributed by atoms with Crippen LogP contribution in [0.1, 0.15) is 32.3 Å². The van der Waals surface area contributed by atoms with Gasteiger partial charge < -0.3 is 8.85 Å². The Morgan fingerprint density at radius 2 is 1.45 bits per heavy atom. The molecular formula is C14H21F3O2Si. The zero-order valence-electron chi connectivity index (χ0n) is 11.9. The van der Waals surface area contributed by atoms with Gasteiger partial charge in [0, 0.05) is 19.3 Å². The summed E-state index contributed by atoms with van der Waals surface area (Å²) in [4.78, 5) is 0. The molecule has 1 rings (SSSR count). The maximum Gasteiger partial charge on any atom is 0.321 e. The highest BCUT2D eigenvalue weighted by Crippen LogP contribution is 2.16. The van der Waals surface area contributed by atoms with E-state index >= 15 is 0 Å². The molecule has 114 valence electrons. The first-order valence-electron chi connectivity index (χ1n) is 6.95. The first kappa shape index (κ1) is 17.2. The van der Waals surface area contributed by atoms with Gasteiger partial charge in [-0.25, -0.2) is 13.2 Å². The van der Waals surface area contributed by atoms with E-state index < -0.39 is 26.7 Å². The second kappa shape index (κ2) is 9.15. The number of hydrogen-bond acceptors (Lipinski definition) is 2. The monoisotopic (exact) mass is 306 g/mol. The fraction of sp³-hybridized carbons (Fsp3) is 0.571. The summed E-state index contributed by atoms with van der Waals surface area (Å²) in [6.45, 7) is 5.22. The van der Waals surface area contributed by atoms with Crippen LogP contribution in [0.5, 0.6) is 0 Å².